The molecular formula is C13H24N2O. The first-order valence-electron chi connectivity index (χ1n) is 6.80. The maximum Gasteiger partial charge on any atom is 0.223 e. The van der Waals surface area contributed by atoms with Gasteiger partial charge in [-0.3, -0.25) is 4.79 Å². The number of hydrogen-bond donors (Lipinski definition) is 2. The smallest absolute Gasteiger partial charge is 0.223 e. The van der Waals surface area contributed by atoms with Gasteiger partial charge < -0.3 is 11.1 Å². The highest BCUT2D eigenvalue weighted by Crippen LogP contribution is 2.49. The first-order valence-corrected chi connectivity index (χ1v) is 6.80. The molecule has 2 atom stereocenters. The predicted molar refractivity (Wildman–Crippen MR) is 64.9 cm³/mol. The highest BCUT2D eigenvalue weighted by Gasteiger charge is 2.47. The van der Waals surface area contributed by atoms with Gasteiger partial charge in [0.1, 0.15) is 0 Å². The third kappa shape index (κ3) is 2.97. The molecule has 2 aliphatic rings. The van der Waals surface area contributed by atoms with Gasteiger partial charge in [0.25, 0.3) is 0 Å². The molecule has 2 aliphatic carbocycles. The Morgan fingerprint density at radius 3 is 2.69 bits per heavy atom. The van der Waals surface area contributed by atoms with Crippen LogP contribution in [0.5, 0.6) is 0 Å². The highest BCUT2D eigenvalue weighted by molar-refractivity contribution is 5.81. The SMILES string of the molecule is NCCCNC(=O)C1CC1C1CCCCC1. The molecule has 0 radical (unpaired) electrons. The summed E-state index contributed by atoms with van der Waals surface area (Å²) in [5, 5.41) is 3.00. The van der Waals surface area contributed by atoms with E-state index >= 15 is 0 Å². The van der Waals surface area contributed by atoms with E-state index in [9.17, 15) is 4.79 Å². The summed E-state index contributed by atoms with van der Waals surface area (Å²) in [6, 6.07) is 0. The Morgan fingerprint density at radius 1 is 1.25 bits per heavy atom. The molecule has 0 aliphatic heterocycles. The Kier molecular flexibility index (Phi) is 4.22. The largest absolute Gasteiger partial charge is 0.356 e. The van der Waals surface area contributed by atoms with Crippen LogP contribution >= 0.6 is 0 Å². The predicted octanol–water partition coefficient (Wildman–Crippen LogP) is 1.67. The fourth-order valence-electron chi connectivity index (χ4n) is 3.04. The van der Waals surface area contributed by atoms with Crippen molar-refractivity contribution in [3.05, 3.63) is 0 Å². The summed E-state index contributed by atoms with van der Waals surface area (Å²) in [5.41, 5.74) is 5.40. The molecule has 1 amide bonds. The summed E-state index contributed by atoms with van der Waals surface area (Å²) < 4.78 is 0. The summed E-state index contributed by atoms with van der Waals surface area (Å²) in [6.07, 6.45) is 8.90. The van der Waals surface area contributed by atoms with Gasteiger partial charge >= 0.3 is 0 Å². The summed E-state index contributed by atoms with van der Waals surface area (Å²) >= 11 is 0. The van der Waals surface area contributed by atoms with Crippen molar-refractivity contribution in [2.75, 3.05) is 13.1 Å². The highest BCUT2D eigenvalue weighted by atomic mass is 16.2. The lowest BCUT2D eigenvalue weighted by molar-refractivity contribution is -0.122. The lowest BCUT2D eigenvalue weighted by Gasteiger charge is -2.21. The molecule has 3 nitrogen and oxygen atoms in total. The third-order valence-electron chi connectivity index (χ3n) is 4.11. The number of carbonyl (C=O) groups excluding carboxylic acids is 1. The summed E-state index contributed by atoms with van der Waals surface area (Å²) in [7, 11) is 0. The van der Waals surface area contributed by atoms with Crippen molar-refractivity contribution in [1.29, 1.82) is 0 Å². The fourth-order valence-corrected chi connectivity index (χ4v) is 3.04. The molecule has 0 aromatic heterocycles. The minimum atomic E-state index is 0.282. The third-order valence-corrected chi connectivity index (χ3v) is 4.11. The van der Waals surface area contributed by atoms with Crippen molar-refractivity contribution in [2.45, 2.75) is 44.9 Å². The van der Waals surface area contributed by atoms with E-state index in [1.807, 2.05) is 0 Å². The van der Waals surface area contributed by atoms with E-state index in [1.165, 1.54) is 32.1 Å². The van der Waals surface area contributed by atoms with Crippen LogP contribution in [0.2, 0.25) is 0 Å². The van der Waals surface area contributed by atoms with Crippen molar-refractivity contribution < 1.29 is 4.79 Å². The van der Waals surface area contributed by atoms with Gasteiger partial charge in [-0.1, -0.05) is 32.1 Å². The molecule has 92 valence electrons. The second-order valence-electron chi connectivity index (χ2n) is 5.34. The van der Waals surface area contributed by atoms with E-state index in [0.29, 0.717) is 18.4 Å². The van der Waals surface area contributed by atoms with Crippen LogP contribution < -0.4 is 11.1 Å². The van der Waals surface area contributed by atoms with Crippen molar-refractivity contribution >= 4 is 5.91 Å². The fraction of sp³-hybridized carbons (Fsp3) is 0.923. The average Bonchev–Trinajstić information content (AvgIpc) is 3.10. The number of nitrogens with two attached hydrogens (primary N) is 1. The van der Waals surface area contributed by atoms with Crippen LogP contribution in [0.25, 0.3) is 0 Å². The standard InChI is InChI=1S/C13H24N2O/c14-7-4-8-15-13(16)12-9-11(12)10-5-2-1-3-6-10/h10-12H,1-9,14H2,(H,15,16). The minimum absolute atomic E-state index is 0.282. The zero-order valence-corrected chi connectivity index (χ0v) is 10.1. The molecule has 2 unspecified atom stereocenters. The van der Waals surface area contributed by atoms with Crippen molar-refractivity contribution in [2.24, 2.45) is 23.5 Å². The maximum absolute atomic E-state index is 11.8. The van der Waals surface area contributed by atoms with Crippen LogP contribution in [-0.2, 0) is 4.79 Å². The molecule has 3 N–H and O–H groups in total. The molecule has 16 heavy (non-hydrogen) atoms. The second-order valence-corrected chi connectivity index (χ2v) is 5.34. The van der Waals surface area contributed by atoms with Gasteiger partial charge in [0, 0.05) is 12.5 Å². The van der Waals surface area contributed by atoms with E-state index in [0.717, 1.165) is 25.3 Å². The molecule has 0 bridgehead atoms. The molecule has 0 heterocycles. The van der Waals surface area contributed by atoms with Gasteiger partial charge in [-0.15, -0.1) is 0 Å². The van der Waals surface area contributed by atoms with Crippen molar-refractivity contribution in [1.82, 2.24) is 5.32 Å². The molecule has 3 heteroatoms. The van der Waals surface area contributed by atoms with Crippen LogP contribution in [0.1, 0.15) is 44.9 Å². The van der Waals surface area contributed by atoms with Gasteiger partial charge in [0.15, 0.2) is 0 Å². The first kappa shape index (κ1) is 11.9. The van der Waals surface area contributed by atoms with Crippen LogP contribution in [0, 0.1) is 17.8 Å². The quantitative estimate of drug-likeness (QED) is 0.698. The zero-order valence-electron chi connectivity index (χ0n) is 10.1. The summed E-state index contributed by atoms with van der Waals surface area (Å²) in [4.78, 5) is 11.8. The maximum atomic E-state index is 11.8. The van der Waals surface area contributed by atoms with Gasteiger partial charge in [0.2, 0.25) is 5.91 Å². The number of hydrogen-bond acceptors (Lipinski definition) is 2. The molecule has 0 aromatic carbocycles. The Hall–Kier alpha value is -0.570. The normalized spacial score (nSPS) is 30.1. The Balaban J connectivity index is 1.67. The van der Waals surface area contributed by atoms with Gasteiger partial charge in [0.05, 0.1) is 0 Å². The van der Waals surface area contributed by atoms with Crippen molar-refractivity contribution in [3.8, 4) is 0 Å². The van der Waals surface area contributed by atoms with Crippen LogP contribution in [0.4, 0.5) is 0 Å². The van der Waals surface area contributed by atoms with E-state index in [2.05, 4.69) is 5.32 Å². The topological polar surface area (TPSA) is 55.1 Å². The number of amides is 1. The Bertz CT molecular complexity index is 236. The summed E-state index contributed by atoms with van der Waals surface area (Å²) in [6.45, 7) is 1.42. The van der Waals surface area contributed by atoms with Crippen LogP contribution in [0.15, 0.2) is 0 Å². The molecule has 0 saturated heterocycles. The van der Waals surface area contributed by atoms with Gasteiger partial charge in [-0.25, -0.2) is 0 Å². The minimum Gasteiger partial charge on any atom is -0.356 e. The number of carbonyl (C=O) groups is 1. The average molecular weight is 224 g/mol. The van der Waals surface area contributed by atoms with Crippen LogP contribution in [-0.4, -0.2) is 19.0 Å². The van der Waals surface area contributed by atoms with Gasteiger partial charge in [-0.05, 0) is 31.2 Å². The number of rotatable bonds is 5. The van der Waals surface area contributed by atoms with Gasteiger partial charge in [-0.2, -0.15) is 0 Å². The summed E-state index contributed by atoms with van der Waals surface area (Å²) in [5.74, 6) is 2.17. The van der Waals surface area contributed by atoms with E-state index in [4.69, 9.17) is 5.73 Å². The molecular weight excluding hydrogens is 200 g/mol. The van der Waals surface area contributed by atoms with E-state index in [1.54, 1.807) is 0 Å². The molecule has 2 saturated carbocycles. The Labute approximate surface area is 98.2 Å². The molecule has 0 spiro atoms. The molecule has 0 aromatic rings. The number of nitrogens with one attached hydrogen (secondary N) is 1. The zero-order chi connectivity index (χ0) is 11.4. The van der Waals surface area contributed by atoms with E-state index < -0.39 is 0 Å². The monoisotopic (exact) mass is 224 g/mol. The van der Waals surface area contributed by atoms with Crippen molar-refractivity contribution in [3.63, 3.8) is 0 Å². The van der Waals surface area contributed by atoms with E-state index in [-0.39, 0.29) is 5.91 Å². The molecule has 2 rings (SSSR count). The van der Waals surface area contributed by atoms with Crippen LogP contribution in [0.3, 0.4) is 0 Å². The lowest BCUT2D eigenvalue weighted by Crippen LogP contribution is -2.28. The lowest BCUT2D eigenvalue weighted by atomic mass is 9.85. The molecule has 2 fully saturated rings. The Morgan fingerprint density at radius 2 is 2.00 bits per heavy atom. The second kappa shape index (κ2) is 5.67. The first-order chi connectivity index (χ1) is 7.83.